The van der Waals surface area contributed by atoms with Crippen molar-refractivity contribution < 1.29 is 28.3 Å². The van der Waals surface area contributed by atoms with Crippen LogP contribution in [0.2, 0.25) is 0 Å². The highest BCUT2D eigenvalue weighted by molar-refractivity contribution is 7.12. The third kappa shape index (κ3) is 4.77. The van der Waals surface area contributed by atoms with Crippen LogP contribution in [0.15, 0.2) is 58.5 Å². The lowest BCUT2D eigenvalue weighted by Gasteiger charge is -2.27. The number of carbonyl (C=O) groups is 3. The number of rotatable bonds is 11. The summed E-state index contributed by atoms with van der Waals surface area (Å²) >= 11 is 1.26. The van der Waals surface area contributed by atoms with Gasteiger partial charge in [-0.15, -0.1) is 11.3 Å². The lowest BCUT2D eigenvalue weighted by molar-refractivity contribution is -0.141. The summed E-state index contributed by atoms with van der Waals surface area (Å²) < 4.78 is 17.1. The van der Waals surface area contributed by atoms with Gasteiger partial charge in [0.2, 0.25) is 5.78 Å². The minimum atomic E-state index is -1.15. The molecular formula is C26H27NO6S. The summed E-state index contributed by atoms with van der Waals surface area (Å²) in [6, 6.07) is 11.4. The second-order valence-corrected chi connectivity index (χ2v) is 8.93. The zero-order valence-corrected chi connectivity index (χ0v) is 20.0. The molecule has 1 aromatic carbocycles. The quantitative estimate of drug-likeness (QED) is 0.164. The van der Waals surface area contributed by atoms with Crippen molar-refractivity contribution >= 4 is 28.8 Å². The van der Waals surface area contributed by atoms with E-state index in [1.54, 1.807) is 47.8 Å². The van der Waals surface area contributed by atoms with Crippen molar-refractivity contribution in [1.82, 2.24) is 4.90 Å². The van der Waals surface area contributed by atoms with Crippen molar-refractivity contribution in [3.05, 3.63) is 70.3 Å². The monoisotopic (exact) mass is 481 g/mol. The molecule has 1 amide bonds. The lowest BCUT2D eigenvalue weighted by atomic mass is 9.88. The van der Waals surface area contributed by atoms with Crippen molar-refractivity contribution in [2.45, 2.75) is 39.3 Å². The fourth-order valence-electron chi connectivity index (χ4n) is 4.09. The summed E-state index contributed by atoms with van der Waals surface area (Å²) in [6.45, 7) is 5.01. The van der Waals surface area contributed by atoms with Crippen LogP contribution in [0.4, 0.5) is 0 Å². The number of furan rings is 1. The summed E-state index contributed by atoms with van der Waals surface area (Å²) in [6.07, 6.45) is 3.42. The lowest BCUT2D eigenvalue weighted by Crippen LogP contribution is -2.30. The van der Waals surface area contributed by atoms with E-state index >= 15 is 0 Å². The molecule has 0 radical (unpaired) electrons. The maximum atomic E-state index is 13.4. The third-order valence-corrected chi connectivity index (χ3v) is 6.61. The number of ketones is 2. The topological polar surface area (TPSA) is 86.1 Å². The first kappa shape index (κ1) is 23.8. The first-order valence-electron chi connectivity index (χ1n) is 11.4. The van der Waals surface area contributed by atoms with E-state index in [0.717, 1.165) is 12.8 Å². The Morgan fingerprint density at radius 2 is 1.94 bits per heavy atom. The van der Waals surface area contributed by atoms with E-state index in [0.29, 0.717) is 40.9 Å². The van der Waals surface area contributed by atoms with Crippen molar-refractivity contribution in [2.75, 3.05) is 13.2 Å². The molecule has 1 aliphatic rings. The molecule has 0 spiro atoms. The Labute approximate surface area is 202 Å². The summed E-state index contributed by atoms with van der Waals surface area (Å²) in [4.78, 5) is 41.4. The first-order chi connectivity index (χ1) is 16.5. The minimum Gasteiger partial charge on any atom is -0.490 e. The Morgan fingerprint density at radius 3 is 2.62 bits per heavy atom. The van der Waals surface area contributed by atoms with Crippen LogP contribution >= 0.6 is 11.3 Å². The standard InChI is InChI=1S/C26H27NO6S/c1-3-5-12-33-19-11-10-17(15-20(19)31-4-2)23-22(24(28)21-9-7-14-34-21)25(29)26(30)27(23)16-18-8-6-13-32-18/h6-11,13-15,22-23H,3-5,12,16H2,1-2H3. The van der Waals surface area contributed by atoms with E-state index in [-0.39, 0.29) is 12.3 Å². The highest BCUT2D eigenvalue weighted by Gasteiger charge is 2.52. The number of hydrogen-bond donors (Lipinski definition) is 0. The molecule has 2 aromatic heterocycles. The molecule has 178 valence electrons. The Balaban J connectivity index is 1.75. The van der Waals surface area contributed by atoms with Crippen LogP contribution in [0, 0.1) is 5.92 Å². The number of ether oxygens (including phenoxy) is 2. The van der Waals surface area contributed by atoms with Gasteiger partial charge in [-0.3, -0.25) is 14.4 Å². The van der Waals surface area contributed by atoms with Crippen LogP contribution in [-0.4, -0.2) is 35.6 Å². The molecule has 3 aromatic rings. The van der Waals surface area contributed by atoms with Crippen molar-refractivity contribution in [1.29, 1.82) is 0 Å². The van der Waals surface area contributed by atoms with E-state index < -0.39 is 23.7 Å². The van der Waals surface area contributed by atoms with Crippen LogP contribution in [-0.2, 0) is 16.1 Å². The van der Waals surface area contributed by atoms with E-state index in [2.05, 4.69) is 6.92 Å². The van der Waals surface area contributed by atoms with Gasteiger partial charge in [0.05, 0.1) is 36.9 Å². The number of thiophene rings is 1. The van der Waals surface area contributed by atoms with Gasteiger partial charge in [0.25, 0.3) is 5.91 Å². The second kappa shape index (κ2) is 10.7. The molecule has 34 heavy (non-hydrogen) atoms. The number of unbranched alkanes of at least 4 members (excludes halogenated alkanes) is 1. The predicted molar refractivity (Wildman–Crippen MR) is 127 cm³/mol. The zero-order chi connectivity index (χ0) is 24.1. The van der Waals surface area contributed by atoms with Crippen LogP contribution < -0.4 is 9.47 Å². The SMILES string of the molecule is CCCCOc1ccc(C2C(C(=O)c3cccs3)C(=O)C(=O)N2Cc2ccco2)cc1OCC. The molecule has 0 saturated carbocycles. The number of benzene rings is 1. The molecule has 7 nitrogen and oxygen atoms in total. The largest absolute Gasteiger partial charge is 0.490 e. The van der Waals surface area contributed by atoms with Gasteiger partial charge in [-0.25, -0.2) is 0 Å². The van der Waals surface area contributed by atoms with Gasteiger partial charge in [-0.2, -0.15) is 0 Å². The minimum absolute atomic E-state index is 0.0786. The Hall–Kier alpha value is -3.39. The van der Waals surface area contributed by atoms with E-state index in [1.807, 2.05) is 6.92 Å². The van der Waals surface area contributed by atoms with Crippen LogP contribution in [0.5, 0.6) is 11.5 Å². The summed E-state index contributed by atoms with van der Waals surface area (Å²) in [7, 11) is 0. The number of amides is 1. The van der Waals surface area contributed by atoms with Crippen molar-refractivity contribution in [3.63, 3.8) is 0 Å². The fraction of sp³-hybridized carbons (Fsp3) is 0.346. The van der Waals surface area contributed by atoms with E-state index in [9.17, 15) is 14.4 Å². The van der Waals surface area contributed by atoms with Gasteiger partial charge >= 0.3 is 0 Å². The number of Topliss-reactive ketones (excluding diaryl/α,β-unsaturated/α-hetero) is 2. The average Bonchev–Trinajstić information content (AvgIpc) is 3.59. The molecule has 1 aliphatic heterocycles. The number of carbonyl (C=O) groups excluding carboxylic acids is 3. The molecule has 2 atom stereocenters. The third-order valence-electron chi connectivity index (χ3n) is 5.72. The van der Waals surface area contributed by atoms with Gasteiger partial charge in [0.15, 0.2) is 17.3 Å². The maximum Gasteiger partial charge on any atom is 0.291 e. The first-order valence-corrected chi connectivity index (χ1v) is 12.3. The molecule has 0 bridgehead atoms. The number of nitrogens with zero attached hydrogens (tertiary/aromatic N) is 1. The molecule has 0 N–H and O–H groups in total. The summed E-state index contributed by atoms with van der Waals surface area (Å²) in [5.41, 5.74) is 0.631. The van der Waals surface area contributed by atoms with E-state index in [1.165, 1.54) is 22.5 Å². The molecule has 2 unspecified atom stereocenters. The van der Waals surface area contributed by atoms with Crippen LogP contribution in [0.25, 0.3) is 0 Å². The van der Waals surface area contributed by atoms with Crippen molar-refractivity contribution in [2.24, 2.45) is 5.92 Å². The van der Waals surface area contributed by atoms with Gasteiger partial charge in [0.1, 0.15) is 11.7 Å². The number of likely N-dealkylation sites (tertiary alicyclic amines) is 1. The fourth-order valence-corrected chi connectivity index (χ4v) is 4.80. The molecular weight excluding hydrogens is 454 g/mol. The molecule has 4 rings (SSSR count). The smallest absolute Gasteiger partial charge is 0.291 e. The molecule has 3 heterocycles. The van der Waals surface area contributed by atoms with Gasteiger partial charge in [-0.1, -0.05) is 25.5 Å². The van der Waals surface area contributed by atoms with Crippen LogP contribution in [0.3, 0.4) is 0 Å². The normalized spacial score (nSPS) is 17.9. The highest BCUT2D eigenvalue weighted by atomic mass is 32.1. The molecule has 0 aliphatic carbocycles. The molecule has 8 heteroatoms. The summed E-state index contributed by atoms with van der Waals surface area (Å²) in [5.74, 6) is -1.28. The highest BCUT2D eigenvalue weighted by Crippen LogP contribution is 2.42. The van der Waals surface area contributed by atoms with E-state index in [4.69, 9.17) is 13.9 Å². The Kier molecular flexibility index (Phi) is 7.47. The average molecular weight is 482 g/mol. The van der Waals surface area contributed by atoms with Crippen molar-refractivity contribution in [3.8, 4) is 11.5 Å². The van der Waals surface area contributed by atoms with Gasteiger partial charge < -0.3 is 18.8 Å². The number of hydrogen-bond acceptors (Lipinski definition) is 7. The molecule has 1 saturated heterocycles. The Bertz CT molecular complexity index is 1140. The van der Waals surface area contributed by atoms with Gasteiger partial charge in [-0.05, 0) is 54.6 Å². The maximum absolute atomic E-state index is 13.4. The van der Waals surface area contributed by atoms with Gasteiger partial charge in [0, 0.05) is 0 Å². The second-order valence-electron chi connectivity index (χ2n) is 7.98. The van der Waals surface area contributed by atoms with Crippen LogP contribution in [0.1, 0.15) is 53.7 Å². The molecule has 1 fully saturated rings. The summed E-state index contributed by atoms with van der Waals surface area (Å²) in [5, 5.41) is 1.78. The zero-order valence-electron chi connectivity index (χ0n) is 19.2. The Morgan fingerprint density at radius 1 is 1.09 bits per heavy atom. The predicted octanol–water partition coefficient (Wildman–Crippen LogP) is 5.07.